The first kappa shape index (κ1) is 17.4. The van der Waals surface area contributed by atoms with Crippen LogP contribution in [0.25, 0.3) is 0 Å². The Morgan fingerprint density at radius 3 is 2.39 bits per heavy atom. The molecule has 0 bridgehead atoms. The summed E-state index contributed by atoms with van der Waals surface area (Å²) in [5, 5.41) is 2.79. The summed E-state index contributed by atoms with van der Waals surface area (Å²) in [6.07, 6.45) is 0.361. The largest absolute Gasteiger partial charge is 0.378 e. The minimum Gasteiger partial charge on any atom is -0.378 e. The molecule has 1 aromatic carbocycles. The lowest BCUT2D eigenvalue weighted by Crippen LogP contribution is -2.41. The van der Waals surface area contributed by atoms with Crippen LogP contribution in [0.5, 0.6) is 0 Å². The Hall–Kier alpha value is -1.92. The summed E-state index contributed by atoms with van der Waals surface area (Å²) in [4.78, 5) is 25.9. The second kappa shape index (κ2) is 8.08. The molecule has 23 heavy (non-hydrogen) atoms. The smallest absolute Gasteiger partial charge is 0.241 e. The van der Waals surface area contributed by atoms with Crippen LogP contribution >= 0.6 is 0 Å². The fourth-order valence-corrected chi connectivity index (χ4v) is 2.33. The predicted octanol–water partition coefficient (Wildman–Crippen LogP) is 1.01. The molecule has 1 aromatic rings. The molecule has 0 aliphatic carbocycles. The van der Waals surface area contributed by atoms with Gasteiger partial charge in [-0.2, -0.15) is 0 Å². The van der Waals surface area contributed by atoms with Crippen LogP contribution in [0.15, 0.2) is 24.3 Å². The molecule has 126 valence electrons. The minimum absolute atomic E-state index is 0.0837. The van der Waals surface area contributed by atoms with Gasteiger partial charge in [0, 0.05) is 18.8 Å². The number of carbonyl (C=O) groups excluding carboxylic acids is 2. The fourth-order valence-electron chi connectivity index (χ4n) is 2.33. The molecule has 6 heteroatoms. The summed E-state index contributed by atoms with van der Waals surface area (Å²) in [7, 11) is 0. The lowest BCUT2D eigenvalue weighted by Gasteiger charge is -2.26. The quantitative estimate of drug-likeness (QED) is 0.848. The van der Waals surface area contributed by atoms with Gasteiger partial charge in [-0.15, -0.1) is 0 Å². The van der Waals surface area contributed by atoms with Crippen LogP contribution in [-0.4, -0.2) is 49.1 Å². The zero-order valence-corrected chi connectivity index (χ0v) is 13.7. The van der Waals surface area contributed by atoms with Gasteiger partial charge in [0.25, 0.3) is 0 Å². The number of nitrogens with two attached hydrogens (primary N) is 1. The first-order valence-corrected chi connectivity index (χ1v) is 7.98. The van der Waals surface area contributed by atoms with E-state index < -0.39 is 6.04 Å². The van der Waals surface area contributed by atoms with Crippen LogP contribution in [0.1, 0.15) is 19.4 Å². The Bertz CT molecular complexity index is 537. The van der Waals surface area contributed by atoms with Crippen LogP contribution in [0, 0.1) is 5.92 Å². The van der Waals surface area contributed by atoms with E-state index in [0.717, 1.165) is 5.56 Å². The second-order valence-electron chi connectivity index (χ2n) is 6.13. The number of nitrogens with zero attached hydrogens (tertiary/aromatic N) is 1. The molecule has 6 nitrogen and oxygen atoms in total. The van der Waals surface area contributed by atoms with E-state index in [1.165, 1.54) is 0 Å². The zero-order chi connectivity index (χ0) is 16.8. The van der Waals surface area contributed by atoms with Gasteiger partial charge in [-0.25, -0.2) is 0 Å². The molecule has 0 unspecified atom stereocenters. The number of anilines is 1. The average molecular weight is 319 g/mol. The molecule has 1 fully saturated rings. The highest BCUT2D eigenvalue weighted by Gasteiger charge is 2.18. The second-order valence-corrected chi connectivity index (χ2v) is 6.13. The summed E-state index contributed by atoms with van der Waals surface area (Å²) < 4.78 is 5.24. The molecule has 2 rings (SSSR count). The third-order valence-corrected chi connectivity index (χ3v) is 3.96. The SMILES string of the molecule is CC(C)[C@H](N)C(=O)Nc1ccc(CC(=O)N2CCOCC2)cc1. The van der Waals surface area contributed by atoms with Gasteiger partial charge < -0.3 is 20.7 Å². The topological polar surface area (TPSA) is 84.7 Å². The van der Waals surface area contributed by atoms with E-state index in [-0.39, 0.29) is 17.7 Å². The van der Waals surface area contributed by atoms with Crippen LogP contribution in [-0.2, 0) is 20.7 Å². The summed E-state index contributed by atoms with van der Waals surface area (Å²) >= 11 is 0. The van der Waals surface area contributed by atoms with Gasteiger partial charge in [-0.3, -0.25) is 9.59 Å². The Kier molecular flexibility index (Phi) is 6.12. The molecule has 1 aliphatic rings. The number of amides is 2. The van der Waals surface area contributed by atoms with E-state index in [9.17, 15) is 9.59 Å². The lowest BCUT2D eigenvalue weighted by atomic mass is 10.0. The van der Waals surface area contributed by atoms with Crippen molar-refractivity contribution in [3.63, 3.8) is 0 Å². The molecule has 0 saturated carbocycles. The summed E-state index contributed by atoms with van der Waals surface area (Å²) in [5.74, 6) is -0.00974. The molecule has 0 radical (unpaired) electrons. The van der Waals surface area contributed by atoms with Crippen molar-refractivity contribution in [3.8, 4) is 0 Å². The van der Waals surface area contributed by atoms with E-state index in [1.54, 1.807) is 12.1 Å². The molecule has 1 aliphatic heterocycles. The van der Waals surface area contributed by atoms with Gasteiger partial charge in [-0.05, 0) is 23.6 Å². The number of morpholine rings is 1. The number of benzene rings is 1. The van der Waals surface area contributed by atoms with Crippen molar-refractivity contribution in [2.24, 2.45) is 11.7 Å². The third-order valence-electron chi connectivity index (χ3n) is 3.96. The van der Waals surface area contributed by atoms with Gasteiger partial charge in [-0.1, -0.05) is 26.0 Å². The summed E-state index contributed by atoms with van der Waals surface area (Å²) in [5.41, 5.74) is 7.43. The lowest BCUT2D eigenvalue weighted by molar-refractivity contribution is -0.134. The molecule has 2 amide bonds. The average Bonchev–Trinajstić information content (AvgIpc) is 2.56. The minimum atomic E-state index is -0.530. The maximum absolute atomic E-state index is 12.2. The Balaban J connectivity index is 1.89. The number of ether oxygens (including phenoxy) is 1. The normalized spacial score (nSPS) is 16.3. The number of rotatable bonds is 5. The standard InChI is InChI=1S/C17H25N3O3/c1-12(2)16(18)17(22)19-14-5-3-13(4-6-14)11-15(21)20-7-9-23-10-8-20/h3-6,12,16H,7-11,18H2,1-2H3,(H,19,22)/t16-/m0/s1. The molecule has 1 saturated heterocycles. The monoisotopic (exact) mass is 319 g/mol. The first-order chi connectivity index (χ1) is 11.0. The van der Waals surface area contributed by atoms with E-state index in [4.69, 9.17) is 10.5 Å². The van der Waals surface area contributed by atoms with Gasteiger partial charge >= 0.3 is 0 Å². The highest BCUT2D eigenvalue weighted by molar-refractivity contribution is 5.94. The Labute approximate surface area is 137 Å². The Morgan fingerprint density at radius 1 is 1.22 bits per heavy atom. The number of nitrogens with one attached hydrogen (secondary N) is 1. The van der Waals surface area contributed by atoms with E-state index in [0.29, 0.717) is 38.4 Å². The van der Waals surface area contributed by atoms with Crippen molar-refractivity contribution < 1.29 is 14.3 Å². The van der Waals surface area contributed by atoms with Crippen molar-refractivity contribution in [2.75, 3.05) is 31.6 Å². The number of hydrogen-bond acceptors (Lipinski definition) is 4. The molecular formula is C17H25N3O3. The van der Waals surface area contributed by atoms with Crippen LogP contribution < -0.4 is 11.1 Å². The molecule has 1 heterocycles. The highest BCUT2D eigenvalue weighted by Crippen LogP contribution is 2.12. The highest BCUT2D eigenvalue weighted by atomic mass is 16.5. The van der Waals surface area contributed by atoms with Crippen LogP contribution in [0.2, 0.25) is 0 Å². The van der Waals surface area contributed by atoms with Crippen LogP contribution in [0.3, 0.4) is 0 Å². The van der Waals surface area contributed by atoms with Gasteiger partial charge in [0.15, 0.2) is 0 Å². The summed E-state index contributed by atoms with van der Waals surface area (Å²) in [6, 6.07) is 6.78. The molecule has 0 spiro atoms. The summed E-state index contributed by atoms with van der Waals surface area (Å²) in [6.45, 7) is 6.33. The van der Waals surface area contributed by atoms with E-state index in [2.05, 4.69) is 5.32 Å². The Morgan fingerprint density at radius 2 is 1.83 bits per heavy atom. The molecule has 1 atom stereocenters. The molecular weight excluding hydrogens is 294 g/mol. The molecule has 3 N–H and O–H groups in total. The van der Waals surface area contributed by atoms with E-state index >= 15 is 0 Å². The van der Waals surface area contributed by atoms with Crippen molar-refractivity contribution in [1.29, 1.82) is 0 Å². The third kappa shape index (κ3) is 5.04. The first-order valence-electron chi connectivity index (χ1n) is 7.98. The molecule has 0 aromatic heterocycles. The van der Waals surface area contributed by atoms with Crippen molar-refractivity contribution in [3.05, 3.63) is 29.8 Å². The maximum atomic E-state index is 12.2. The predicted molar refractivity (Wildman–Crippen MR) is 89.0 cm³/mol. The van der Waals surface area contributed by atoms with Gasteiger partial charge in [0.05, 0.1) is 25.7 Å². The van der Waals surface area contributed by atoms with Crippen molar-refractivity contribution in [2.45, 2.75) is 26.3 Å². The number of carbonyl (C=O) groups is 2. The fraction of sp³-hybridized carbons (Fsp3) is 0.529. The van der Waals surface area contributed by atoms with Gasteiger partial charge in [0.2, 0.25) is 11.8 Å². The van der Waals surface area contributed by atoms with Crippen molar-refractivity contribution >= 4 is 17.5 Å². The maximum Gasteiger partial charge on any atom is 0.241 e. The number of hydrogen-bond donors (Lipinski definition) is 2. The van der Waals surface area contributed by atoms with Crippen molar-refractivity contribution in [1.82, 2.24) is 4.90 Å². The zero-order valence-electron chi connectivity index (χ0n) is 13.7. The van der Waals surface area contributed by atoms with E-state index in [1.807, 2.05) is 30.9 Å². The van der Waals surface area contributed by atoms with Crippen LogP contribution in [0.4, 0.5) is 5.69 Å². The van der Waals surface area contributed by atoms with Gasteiger partial charge in [0.1, 0.15) is 0 Å².